The lowest BCUT2D eigenvalue weighted by molar-refractivity contribution is 0.126. The molecule has 2 rings (SSSR count). The summed E-state index contributed by atoms with van der Waals surface area (Å²) in [5.41, 5.74) is 1.08. The molecule has 0 aliphatic rings. The number of aliphatic hydroxyl groups is 2. The van der Waals surface area contributed by atoms with Gasteiger partial charge in [-0.1, -0.05) is 18.9 Å². The largest absolute Gasteiger partial charge is 0.508 e. The van der Waals surface area contributed by atoms with Gasteiger partial charge in [-0.3, -0.25) is 0 Å². The lowest BCUT2D eigenvalue weighted by Gasteiger charge is -2.14. The van der Waals surface area contributed by atoms with Gasteiger partial charge < -0.3 is 25.4 Å². The van der Waals surface area contributed by atoms with Gasteiger partial charge in [-0.05, 0) is 68.5 Å². The Balaban J connectivity index is 1.41. The second-order valence-corrected chi connectivity index (χ2v) is 11.0. The van der Waals surface area contributed by atoms with E-state index in [1.54, 1.807) is 18.2 Å². The molecule has 1 aromatic carbocycles. The van der Waals surface area contributed by atoms with Crippen molar-refractivity contribution in [1.29, 1.82) is 0 Å². The number of rotatable bonds is 17. The van der Waals surface area contributed by atoms with E-state index < -0.39 is 16.1 Å². The van der Waals surface area contributed by atoms with Crippen LogP contribution in [0.25, 0.3) is 0 Å². The van der Waals surface area contributed by atoms with Crippen molar-refractivity contribution in [3.63, 3.8) is 0 Å². The molecule has 10 heteroatoms. The number of phenols is 1. The van der Waals surface area contributed by atoms with E-state index in [1.165, 1.54) is 17.4 Å². The summed E-state index contributed by atoms with van der Waals surface area (Å²) in [6, 6.07) is 8.15. The number of benzene rings is 1. The number of unbranched alkanes of at least 4 members (excludes halogenated alkanes) is 4. The summed E-state index contributed by atoms with van der Waals surface area (Å²) < 4.78 is 28.4. The maximum Gasteiger partial charge on any atom is 0.247 e. The Hall–Kier alpha value is -1.53. The minimum atomic E-state index is -3.59. The van der Waals surface area contributed by atoms with Crippen molar-refractivity contribution >= 4 is 21.4 Å². The molecule has 0 amide bonds. The third-order valence-corrected chi connectivity index (χ3v) is 7.85. The second kappa shape index (κ2) is 14.7. The van der Waals surface area contributed by atoms with Gasteiger partial charge in [0.1, 0.15) is 9.96 Å². The smallest absolute Gasteiger partial charge is 0.247 e. The van der Waals surface area contributed by atoms with Crippen LogP contribution < -0.4 is 10.5 Å². The van der Waals surface area contributed by atoms with Gasteiger partial charge >= 0.3 is 0 Å². The van der Waals surface area contributed by atoms with Crippen LogP contribution in [0.15, 0.2) is 34.5 Å². The van der Waals surface area contributed by atoms with Gasteiger partial charge in [0.25, 0.3) is 0 Å². The van der Waals surface area contributed by atoms with Gasteiger partial charge in [-0.2, -0.15) is 0 Å². The van der Waals surface area contributed by atoms with E-state index in [-0.39, 0.29) is 16.6 Å². The highest BCUT2D eigenvalue weighted by Crippen LogP contribution is 2.23. The number of hydrogen-bond donors (Lipinski definition) is 5. The van der Waals surface area contributed by atoms with Crippen LogP contribution in [0.4, 0.5) is 0 Å². The molecule has 1 aromatic heterocycles. The van der Waals surface area contributed by atoms with E-state index in [9.17, 15) is 23.7 Å². The standard InChI is InChI=1S/C23H36N2O6S2/c24-33(29,30)23-11-9-20(32-23)7-3-6-14-31-13-5-2-1-4-12-25-16-22(28)18-8-10-21(27)19(15-18)17-26/h8-11,15,22,25-28H,1-7,12-14,16-17H2,(H2,24,29,30). The maximum atomic E-state index is 11.3. The predicted octanol–water partition coefficient (Wildman–Crippen LogP) is 2.82. The highest BCUT2D eigenvalue weighted by Gasteiger charge is 2.11. The molecule has 2 aromatic rings. The molecule has 8 nitrogen and oxygen atoms in total. The number of thiophene rings is 1. The van der Waals surface area contributed by atoms with Gasteiger partial charge in [-0.25, -0.2) is 13.6 Å². The van der Waals surface area contributed by atoms with E-state index >= 15 is 0 Å². The molecule has 1 atom stereocenters. The molecule has 0 spiro atoms. The Kier molecular flexibility index (Phi) is 12.3. The number of aliphatic hydroxyl groups excluding tert-OH is 2. The number of primary sulfonamides is 1. The highest BCUT2D eigenvalue weighted by atomic mass is 32.2. The third kappa shape index (κ3) is 10.5. The van der Waals surface area contributed by atoms with Gasteiger partial charge in [0.2, 0.25) is 10.0 Å². The van der Waals surface area contributed by atoms with Crippen LogP contribution in [0.5, 0.6) is 5.75 Å². The number of aromatic hydroxyl groups is 1. The number of nitrogens with one attached hydrogen (secondary N) is 1. The molecule has 186 valence electrons. The first-order valence-electron chi connectivity index (χ1n) is 11.3. The predicted molar refractivity (Wildman–Crippen MR) is 130 cm³/mol. The van der Waals surface area contributed by atoms with Crippen LogP contribution in [-0.4, -0.2) is 50.0 Å². The quantitative estimate of drug-likeness (QED) is 0.210. The number of aryl methyl sites for hydroxylation is 1. The van der Waals surface area contributed by atoms with Crippen molar-refractivity contribution in [2.24, 2.45) is 5.14 Å². The summed E-state index contributed by atoms with van der Waals surface area (Å²) in [4.78, 5) is 1.03. The molecule has 1 unspecified atom stereocenters. The number of hydrogen-bond acceptors (Lipinski definition) is 8. The Morgan fingerprint density at radius 1 is 1.03 bits per heavy atom. The summed E-state index contributed by atoms with van der Waals surface area (Å²) in [6.07, 6.45) is 6.26. The zero-order chi connectivity index (χ0) is 24.1. The van der Waals surface area contributed by atoms with E-state index in [0.29, 0.717) is 24.3 Å². The van der Waals surface area contributed by atoms with Crippen LogP contribution in [0.2, 0.25) is 0 Å². The first-order valence-corrected chi connectivity index (χ1v) is 13.7. The van der Waals surface area contributed by atoms with Crippen LogP contribution in [0.1, 0.15) is 60.6 Å². The van der Waals surface area contributed by atoms with Crippen LogP contribution in [-0.2, 0) is 27.8 Å². The van der Waals surface area contributed by atoms with Gasteiger partial charge in [0.05, 0.1) is 12.7 Å². The van der Waals surface area contributed by atoms with E-state index in [4.69, 9.17) is 9.88 Å². The molecule has 0 aliphatic heterocycles. The summed E-state index contributed by atoms with van der Waals surface area (Å²) >= 11 is 1.23. The summed E-state index contributed by atoms with van der Waals surface area (Å²) in [5, 5.41) is 37.4. The minimum Gasteiger partial charge on any atom is -0.508 e. The summed E-state index contributed by atoms with van der Waals surface area (Å²) in [6.45, 7) is 2.44. The Morgan fingerprint density at radius 2 is 1.76 bits per heavy atom. The molecule has 0 saturated heterocycles. The second-order valence-electron chi connectivity index (χ2n) is 8.02. The molecule has 33 heavy (non-hydrogen) atoms. The molecular formula is C23H36N2O6S2. The number of sulfonamides is 1. The SMILES string of the molecule is NS(=O)(=O)c1ccc(CCCCOCCCCCCNCC(O)c2ccc(O)c(CO)c2)s1. The van der Waals surface area contributed by atoms with Gasteiger partial charge in [0, 0.05) is 30.2 Å². The lowest BCUT2D eigenvalue weighted by atomic mass is 10.1. The van der Waals surface area contributed by atoms with Crippen molar-refractivity contribution in [3.05, 3.63) is 46.3 Å². The average Bonchev–Trinajstić information content (AvgIpc) is 3.26. The highest BCUT2D eigenvalue weighted by molar-refractivity contribution is 7.91. The maximum absolute atomic E-state index is 11.3. The molecule has 0 saturated carbocycles. The molecule has 0 aliphatic carbocycles. The van der Waals surface area contributed by atoms with Crippen molar-refractivity contribution in [2.75, 3.05) is 26.3 Å². The van der Waals surface area contributed by atoms with Crippen LogP contribution in [0.3, 0.4) is 0 Å². The molecule has 0 fully saturated rings. The fourth-order valence-corrected chi connectivity index (χ4v) is 5.18. The van der Waals surface area contributed by atoms with Crippen molar-refractivity contribution in [3.8, 4) is 5.75 Å². The van der Waals surface area contributed by atoms with Crippen molar-refractivity contribution < 1.29 is 28.5 Å². The summed E-state index contributed by atoms with van der Waals surface area (Å²) in [5.74, 6) is 0.0321. The number of ether oxygens (including phenoxy) is 1. The molecular weight excluding hydrogens is 464 g/mol. The van der Waals surface area contributed by atoms with Crippen LogP contribution >= 0.6 is 11.3 Å². The van der Waals surface area contributed by atoms with Crippen molar-refractivity contribution in [2.45, 2.75) is 61.9 Å². The van der Waals surface area contributed by atoms with Gasteiger partial charge in [-0.15, -0.1) is 11.3 Å². The fraction of sp³-hybridized carbons (Fsp3) is 0.565. The topological polar surface area (TPSA) is 142 Å². The molecule has 0 radical (unpaired) electrons. The molecule has 0 bridgehead atoms. The average molecular weight is 501 g/mol. The van der Waals surface area contributed by atoms with Gasteiger partial charge in [0.15, 0.2) is 0 Å². The first kappa shape index (κ1) is 27.7. The van der Waals surface area contributed by atoms with Crippen LogP contribution in [0, 0.1) is 0 Å². The molecule has 1 heterocycles. The molecule has 6 N–H and O–H groups in total. The Morgan fingerprint density at radius 3 is 2.45 bits per heavy atom. The summed E-state index contributed by atoms with van der Waals surface area (Å²) in [7, 11) is -3.59. The zero-order valence-corrected chi connectivity index (χ0v) is 20.5. The fourth-order valence-electron chi connectivity index (χ4n) is 3.35. The Bertz CT molecular complexity index is 933. The first-order chi connectivity index (χ1) is 15.8. The monoisotopic (exact) mass is 500 g/mol. The van der Waals surface area contributed by atoms with E-state index in [2.05, 4.69) is 5.32 Å². The lowest BCUT2D eigenvalue weighted by Crippen LogP contribution is -2.22. The van der Waals surface area contributed by atoms with E-state index in [1.807, 2.05) is 6.07 Å². The Labute approximate surface area is 200 Å². The zero-order valence-electron chi connectivity index (χ0n) is 18.9. The van der Waals surface area contributed by atoms with E-state index in [0.717, 1.165) is 63.0 Å². The minimum absolute atomic E-state index is 0.0321. The van der Waals surface area contributed by atoms with Crippen molar-refractivity contribution in [1.82, 2.24) is 5.32 Å². The third-order valence-electron chi connectivity index (χ3n) is 5.27. The number of nitrogens with two attached hydrogens (primary N) is 1. The normalized spacial score (nSPS) is 12.8.